The Balaban J connectivity index is 2.79. The lowest BCUT2D eigenvalue weighted by Crippen LogP contribution is -2.48. The number of hydrogen-bond donors (Lipinski definition) is 3. The van der Waals surface area contributed by atoms with E-state index in [1.807, 2.05) is 13.8 Å². The lowest BCUT2D eigenvalue weighted by molar-refractivity contribution is 0.208. The van der Waals surface area contributed by atoms with Crippen molar-refractivity contribution in [1.82, 2.24) is 5.32 Å². The first kappa shape index (κ1) is 16.6. The summed E-state index contributed by atoms with van der Waals surface area (Å²) in [6, 6.07) is 4.77. The van der Waals surface area contributed by atoms with Gasteiger partial charge in [-0.05, 0) is 31.9 Å². The number of carbonyl (C=O) groups excluding carboxylic acids is 1. The molecule has 3 N–H and O–H groups in total. The average molecular weight is 301 g/mol. The summed E-state index contributed by atoms with van der Waals surface area (Å²) < 4.78 is 5.17. The van der Waals surface area contributed by atoms with Crippen LogP contribution in [0.2, 0.25) is 5.02 Å². The Morgan fingerprint density at radius 2 is 2.20 bits per heavy atom. The van der Waals surface area contributed by atoms with Crippen LogP contribution >= 0.6 is 11.6 Å². The molecule has 5 nitrogen and oxygen atoms in total. The molecule has 1 rings (SSSR count). The second kappa shape index (κ2) is 7.36. The molecule has 6 heteroatoms. The fourth-order valence-electron chi connectivity index (χ4n) is 1.82. The van der Waals surface area contributed by atoms with E-state index in [-0.39, 0.29) is 12.6 Å². The third-order valence-corrected chi connectivity index (χ3v) is 3.58. The fourth-order valence-corrected chi connectivity index (χ4v) is 2.07. The van der Waals surface area contributed by atoms with Crippen LogP contribution in [0.1, 0.15) is 26.7 Å². The predicted octanol–water partition coefficient (Wildman–Crippen LogP) is 3.02. The molecule has 20 heavy (non-hydrogen) atoms. The van der Waals surface area contributed by atoms with Crippen LogP contribution in [0.3, 0.4) is 0 Å². The van der Waals surface area contributed by atoms with Gasteiger partial charge in [0.15, 0.2) is 5.75 Å². The third-order valence-electron chi connectivity index (χ3n) is 3.28. The second-order valence-electron chi connectivity index (χ2n) is 4.79. The molecule has 0 heterocycles. The summed E-state index contributed by atoms with van der Waals surface area (Å²) in [6.45, 7) is 3.86. The molecule has 0 radical (unpaired) electrons. The van der Waals surface area contributed by atoms with Crippen molar-refractivity contribution < 1.29 is 14.6 Å². The van der Waals surface area contributed by atoms with Crippen molar-refractivity contribution in [3.8, 4) is 5.75 Å². The monoisotopic (exact) mass is 300 g/mol. The van der Waals surface area contributed by atoms with E-state index in [0.717, 1.165) is 0 Å². The van der Waals surface area contributed by atoms with Crippen LogP contribution in [0, 0.1) is 0 Å². The third kappa shape index (κ3) is 4.28. The van der Waals surface area contributed by atoms with Gasteiger partial charge < -0.3 is 20.5 Å². The minimum Gasteiger partial charge on any atom is -0.493 e. The van der Waals surface area contributed by atoms with Crippen molar-refractivity contribution >= 4 is 23.3 Å². The summed E-state index contributed by atoms with van der Waals surface area (Å²) in [5.74, 6) is 0.421. The highest BCUT2D eigenvalue weighted by atomic mass is 35.5. The predicted molar refractivity (Wildman–Crippen MR) is 80.6 cm³/mol. The number of aliphatic hydroxyl groups is 1. The molecular weight excluding hydrogens is 280 g/mol. The molecular formula is C14H21ClN2O3. The number of para-hydroxylation sites is 1. The number of carbonyl (C=O) groups is 1. The molecule has 0 fully saturated rings. The quantitative estimate of drug-likeness (QED) is 0.756. The molecule has 0 aliphatic rings. The van der Waals surface area contributed by atoms with E-state index in [1.54, 1.807) is 18.2 Å². The van der Waals surface area contributed by atoms with E-state index in [2.05, 4.69) is 10.6 Å². The van der Waals surface area contributed by atoms with Crippen molar-refractivity contribution in [3.05, 3.63) is 23.2 Å². The summed E-state index contributed by atoms with van der Waals surface area (Å²) in [5, 5.41) is 15.0. The second-order valence-corrected chi connectivity index (χ2v) is 5.19. The zero-order valence-electron chi connectivity index (χ0n) is 12.0. The zero-order valence-corrected chi connectivity index (χ0v) is 12.8. The number of benzene rings is 1. The first-order chi connectivity index (χ1) is 9.45. The van der Waals surface area contributed by atoms with Gasteiger partial charge in [-0.3, -0.25) is 0 Å². The highest BCUT2D eigenvalue weighted by molar-refractivity contribution is 6.32. The maximum absolute atomic E-state index is 12.0. The number of aliphatic hydroxyl groups excluding tert-OH is 1. The fraction of sp³-hybridized carbons (Fsp3) is 0.500. The van der Waals surface area contributed by atoms with Crippen molar-refractivity contribution in [2.45, 2.75) is 32.2 Å². The van der Waals surface area contributed by atoms with Crippen molar-refractivity contribution in [2.75, 3.05) is 19.0 Å². The molecule has 0 aliphatic heterocycles. The summed E-state index contributed by atoms with van der Waals surface area (Å²) in [6.07, 6.45) is 1.21. The Morgan fingerprint density at radius 1 is 1.50 bits per heavy atom. The number of nitrogens with one attached hydrogen (secondary N) is 2. The number of rotatable bonds is 6. The highest BCUT2D eigenvalue weighted by Crippen LogP contribution is 2.32. The van der Waals surface area contributed by atoms with Gasteiger partial charge in [0.2, 0.25) is 0 Å². The van der Waals surface area contributed by atoms with Gasteiger partial charge in [-0.15, -0.1) is 0 Å². The van der Waals surface area contributed by atoms with E-state index >= 15 is 0 Å². The molecule has 0 aromatic heterocycles. The minimum atomic E-state index is -0.454. The van der Waals surface area contributed by atoms with Gasteiger partial charge in [-0.25, -0.2) is 4.79 Å². The molecule has 0 saturated carbocycles. The minimum absolute atomic E-state index is 0.0190. The van der Waals surface area contributed by atoms with Crippen molar-refractivity contribution in [3.63, 3.8) is 0 Å². The average Bonchev–Trinajstić information content (AvgIpc) is 2.39. The first-order valence-electron chi connectivity index (χ1n) is 6.48. The molecule has 0 saturated heterocycles. The van der Waals surface area contributed by atoms with Gasteiger partial charge in [-0.1, -0.05) is 24.6 Å². The first-order valence-corrected chi connectivity index (χ1v) is 6.86. The van der Waals surface area contributed by atoms with E-state index in [1.165, 1.54) is 7.11 Å². The number of ether oxygens (including phenoxy) is 1. The summed E-state index contributed by atoms with van der Waals surface area (Å²) >= 11 is 5.99. The largest absolute Gasteiger partial charge is 0.493 e. The SMILES string of the molecule is CCC(C)(CCO)NC(=O)Nc1cccc(Cl)c1OC. The molecule has 1 atom stereocenters. The van der Waals surface area contributed by atoms with Crippen LogP contribution in [-0.4, -0.2) is 30.4 Å². The molecule has 0 spiro atoms. The van der Waals surface area contributed by atoms with Crippen LogP contribution in [-0.2, 0) is 0 Å². The number of anilines is 1. The number of amides is 2. The van der Waals surface area contributed by atoms with Crippen LogP contribution in [0.4, 0.5) is 10.5 Å². The zero-order chi connectivity index (χ0) is 15.2. The van der Waals surface area contributed by atoms with Crippen LogP contribution < -0.4 is 15.4 Å². The smallest absolute Gasteiger partial charge is 0.319 e. The maximum Gasteiger partial charge on any atom is 0.319 e. The number of urea groups is 1. The summed E-state index contributed by atoms with van der Waals surface area (Å²) in [5.41, 5.74) is 0.0462. The van der Waals surface area contributed by atoms with E-state index in [0.29, 0.717) is 29.3 Å². The van der Waals surface area contributed by atoms with Crippen molar-refractivity contribution in [2.24, 2.45) is 0 Å². The molecule has 1 unspecified atom stereocenters. The molecule has 1 aromatic carbocycles. The Hall–Kier alpha value is -1.46. The Labute approximate surface area is 124 Å². The Morgan fingerprint density at radius 3 is 2.75 bits per heavy atom. The number of halogens is 1. The topological polar surface area (TPSA) is 70.6 Å². The molecule has 112 valence electrons. The lowest BCUT2D eigenvalue weighted by atomic mass is 9.95. The standard InChI is InChI=1S/C14H21ClN2O3/c1-4-14(2,8-9-18)17-13(19)16-11-7-5-6-10(15)12(11)20-3/h5-7,18H,4,8-9H2,1-3H3,(H2,16,17,19). The van der Waals surface area contributed by atoms with E-state index in [9.17, 15) is 4.79 Å². The highest BCUT2D eigenvalue weighted by Gasteiger charge is 2.24. The van der Waals surface area contributed by atoms with Crippen LogP contribution in [0.25, 0.3) is 0 Å². The van der Waals surface area contributed by atoms with Crippen molar-refractivity contribution in [1.29, 1.82) is 0 Å². The molecule has 1 aromatic rings. The van der Waals surface area contributed by atoms with Crippen LogP contribution in [0.15, 0.2) is 18.2 Å². The molecule has 0 bridgehead atoms. The van der Waals surface area contributed by atoms with Gasteiger partial charge in [0.1, 0.15) is 0 Å². The van der Waals surface area contributed by atoms with Gasteiger partial charge in [0, 0.05) is 12.1 Å². The summed E-state index contributed by atoms with van der Waals surface area (Å²) in [7, 11) is 1.49. The normalized spacial score (nSPS) is 13.4. The van der Waals surface area contributed by atoms with Crippen LogP contribution in [0.5, 0.6) is 5.75 Å². The Kier molecular flexibility index (Phi) is 6.10. The lowest BCUT2D eigenvalue weighted by Gasteiger charge is -2.29. The number of hydrogen-bond acceptors (Lipinski definition) is 3. The van der Waals surface area contributed by atoms with Gasteiger partial charge >= 0.3 is 6.03 Å². The molecule has 2 amide bonds. The Bertz CT molecular complexity index is 468. The van der Waals surface area contributed by atoms with E-state index < -0.39 is 5.54 Å². The van der Waals surface area contributed by atoms with Gasteiger partial charge in [-0.2, -0.15) is 0 Å². The van der Waals surface area contributed by atoms with Gasteiger partial charge in [0.25, 0.3) is 0 Å². The maximum atomic E-state index is 12.0. The van der Waals surface area contributed by atoms with Gasteiger partial charge in [0.05, 0.1) is 17.8 Å². The number of methoxy groups -OCH3 is 1. The van der Waals surface area contributed by atoms with E-state index in [4.69, 9.17) is 21.4 Å². The summed E-state index contributed by atoms with van der Waals surface area (Å²) in [4.78, 5) is 12.0. The molecule has 0 aliphatic carbocycles.